The Hall–Kier alpha value is -1.30. The molecule has 3 aliphatic heterocycles. The minimum atomic E-state index is -4.46. The number of hydrogen-bond donors (Lipinski definition) is 8. The zero-order valence-electron chi connectivity index (χ0n) is 24.3. The van der Waals surface area contributed by atoms with Gasteiger partial charge in [-0.15, -0.1) is 0 Å². The zero-order chi connectivity index (χ0) is 29.9. The summed E-state index contributed by atoms with van der Waals surface area (Å²) in [4.78, 5) is 15.3. The molecule has 2 amide bonds. The number of aliphatic hydroxyl groups excluding tert-OH is 2. The number of hydrogen-bond acceptors (Lipinski definition) is 10. The van der Waals surface area contributed by atoms with Crippen LogP contribution in [0.4, 0.5) is 18.0 Å². The Bertz CT molecular complexity index is 858. The van der Waals surface area contributed by atoms with Gasteiger partial charge in [0.2, 0.25) is 0 Å². The van der Waals surface area contributed by atoms with Gasteiger partial charge in [-0.25, -0.2) is 9.69 Å². The Labute approximate surface area is 240 Å². The highest BCUT2D eigenvalue weighted by molar-refractivity contribution is 5.74. The minimum absolute atomic E-state index is 0.0296. The van der Waals surface area contributed by atoms with Gasteiger partial charge >= 0.3 is 12.2 Å². The van der Waals surface area contributed by atoms with E-state index in [-0.39, 0.29) is 61.9 Å². The van der Waals surface area contributed by atoms with E-state index in [2.05, 4.69) is 47.4 Å². The molecule has 4 rings (SSSR count). The van der Waals surface area contributed by atoms with E-state index in [9.17, 15) is 28.2 Å². The van der Waals surface area contributed by atoms with Gasteiger partial charge in [-0.05, 0) is 43.4 Å². The Kier molecular flexibility index (Phi) is 10.8. The number of carbonyl (C=O) groups is 1. The molecule has 0 radical (unpaired) electrons. The van der Waals surface area contributed by atoms with Crippen molar-refractivity contribution in [2.24, 2.45) is 17.1 Å². The highest BCUT2D eigenvalue weighted by atomic mass is 19.4. The SMILES string of the molecule is CC(C)(C)C1CCC(NC(=O)NCCCN(C[C@H]2O[C@H](N3CNC4C(N)NCNC43)[C@H](O)[C@@H]2O)CC(F)(F)F)CC1. The van der Waals surface area contributed by atoms with Crippen LogP contribution < -0.4 is 32.3 Å². The summed E-state index contributed by atoms with van der Waals surface area (Å²) >= 11 is 0. The molecular weight excluding hydrogens is 545 g/mol. The molecule has 1 saturated carbocycles. The van der Waals surface area contributed by atoms with Crippen molar-refractivity contribution in [2.45, 2.75) is 108 Å². The molecule has 0 spiro atoms. The number of nitrogens with zero attached hydrogens (tertiary/aromatic N) is 2. The molecule has 1 aliphatic carbocycles. The lowest BCUT2D eigenvalue weighted by Crippen LogP contribution is -2.68. The van der Waals surface area contributed by atoms with Crippen LogP contribution in [0.1, 0.15) is 52.9 Å². The van der Waals surface area contributed by atoms with Crippen molar-refractivity contribution in [1.29, 1.82) is 0 Å². The van der Waals surface area contributed by atoms with Gasteiger partial charge in [0.25, 0.3) is 0 Å². The second kappa shape index (κ2) is 13.6. The first-order valence-corrected chi connectivity index (χ1v) is 14.8. The molecule has 3 unspecified atom stereocenters. The van der Waals surface area contributed by atoms with E-state index in [0.29, 0.717) is 19.3 Å². The number of amides is 2. The van der Waals surface area contributed by atoms with Crippen LogP contribution in [0.15, 0.2) is 0 Å². The van der Waals surface area contributed by atoms with Crippen molar-refractivity contribution >= 4 is 6.03 Å². The van der Waals surface area contributed by atoms with Gasteiger partial charge in [-0.3, -0.25) is 20.9 Å². The van der Waals surface area contributed by atoms with Crippen LogP contribution in [0, 0.1) is 11.3 Å². The fourth-order valence-electron chi connectivity index (χ4n) is 6.59. The molecule has 238 valence electrons. The third-order valence-corrected chi connectivity index (χ3v) is 8.97. The van der Waals surface area contributed by atoms with E-state index < -0.39 is 37.3 Å². The predicted octanol–water partition coefficient (Wildman–Crippen LogP) is -0.416. The Balaban J connectivity index is 1.23. The molecule has 0 bridgehead atoms. The standard InChI is InChI=1S/C26H49F3N8O4/c1-25(2,3)15-5-7-16(8-6-15)35-24(40)31-9-4-10-36(12-26(27,28)29)11-17-19(38)20(39)23(41-17)37-14-34-18-21(30)32-13-33-22(18)37/h15-23,32-34,38-39H,4-14,30H2,1-3H3,(H2,31,35,40)/t15?,16?,17-,18?,19-,20-,21?,22?,23+/m1/s1. The minimum Gasteiger partial charge on any atom is -0.387 e. The maximum absolute atomic E-state index is 13.4. The fraction of sp³-hybridized carbons (Fsp3) is 0.962. The average Bonchev–Trinajstić information content (AvgIpc) is 3.43. The number of aliphatic hydroxyl groups is 2. The van der Waals surface area contributed by atoms with Crippen LogP contribution in [0.5, 0.6) is 0 Å². The second-order valence-electron chi connectivity index (χ2n) is 13.0. The lowest BCUT2D eigenvalue weighted by molar-refractivity contribution is -0.153. The molecule has 41 heavy (non-hydrogen) atoms. The van der Waals surface area contributed by atoms with Crippen molar-refractivity contribution in [1.82, 2.24) is 36.4 Å². The summed E-state index contributed by atoms with van der Waals surface area (Å²) in [5.41, 5.74) is 6.35. The van der Waals surface area contributed by atoms with Crippen molar-refractivity contribution in [3.8, 4) is 0 Å². The number of nitrogens with one attached hydrogen (secondary N) is 5. The van der Waals surface area contributed by atoms with E-state index in [4.69, 9.17) is 10.5 Å². The molecule has 4 aliphatic rings. The molecule has 0 aromatic carbocycles. The van der Waals surface area contributed by atoms with Gasteiger partial charge in [0.15, 0.2) is 0 Å². The average molecular weight is 595 g/mol. The molecule has 4 fully saturated rings. The number of nitrogens with two attached hydrogens (primary N) is 1. The summed E-state index contributed by atoms with van der Waals surface area (Å²) in [6, 6.07) is -0.371. The van der Waals surface area contributed by atoms with Crippen LogP contribution in [0.3, 0.4) is 0 Å². The van der Waals surface area contributed by atoms with Crippen LogP contribution in [-0.2, 0) is 4.74 Å². The number of fused-ring (bicyclic) bond motifs is 1. The van der Waals surface area contributed by atoms with Crippen LogP contribution in [0.25, 0.3) is 0 Å². The number of alkyl halides is 3. The topological polar surface area (TPSA) is 159 Å². The summed E-state index contributed by atoms with van der Waals surface area (Å²) in [5.74, 6) is 0.630. The van der Waals surface area contributed by atoms with Gasteiger partial charge in [0.1, 0.15) is 24.5 Å². The molecule has 9 N–H and O–H groups in total. The first-order valence-electron chi connectivity index (χ1n) is 14.8. The van der Waals surface area contributed by atoms with Gasteiger partial charge in [0, 0.05) is 32.3 Å². The predicted molar refractivity (Wildman–Crippen MR) is 146 cm³/mol. The highest BCUT2D eigenvalue weighted by Gasteiger charge is 2.52. The monoisotopic (exact) mass is 594 g/mol. The van der Waals surface area contributed by atoms with Crippen LogP contribution in [-0.4, -0.2) is 121 Å². The quantitative estimate of drug-likeness (QED) is 0.165. The molecule has 12 nitrogen and oxygen atoms in total. The number of ether oxygens (including phenoxy) is 1. The summed E-state index contributed by atoms with van der Waals surface area (Å²) < 4.78 is 46.1. The van der Waals surface area contributed by atoms with E-state index in [1.165, 1.54) is 0 Å². The van der Waals surface area contributed by atoms with E-state index in [1.54, 1.807) is 4.90 Å². The molecule has 0 aromatic rings. The van der Waals surface area contributed by atoms with E-state index >= 15 is 0 Å². The van der Waals surface area contributed by atoms with Crippen LogP contribution >= 0.6 is 0 Å². The van der Waals surface area contributed by atoms with Gasteiger partial charge in [-0.1, -0.05) is 20.8 Å². The fourth-order valence-corrected chi connectivity index (χ4v) is 6.59. The number of halogens is 3. The molecule has 0 aromatic heterocycles. The van der Waals surface area contributed by atoms with Crippen LogP contribution in [0.2, 0.25) is 0 Å². The van der Waals surface area contributed by atoms with Gasteiger partial charge in [-0.2, -0.15) is 13.2 Å². The normalized spacial score (nSPS) is 36.9. The first-order chi connectivity index (χ1) is 19.2. The summed E-state index contributed by atoms with van der Waals surface area (Å²) in [6.07, 6.45) is -5.42. The number of urea groups is 1. The van der Waals surface area contributed by atoms with Crippen molar-refractivity contribution in [3.63, 3.8) is 0 Å². The van der Waals surface area contributed by atoms with Crippen molar-refractivity contribution in [2.75, 3.05) is 39.5 Å². The van der Waals surface area contributed by atoms with Crippen molar-refractivity contribution < 1.29 is 32.9 Å². The Morgan fingerprint density at radius 3 is 2.46 bits per heavy atom. The van der Waals surface area contributed by atoms with Crippen molar-refractivity contribution in [3.05, 3.63) is 0 Å². The Morgan fingerprint density at radius 2 is 1.80 bits per heavy atom. The maximum Gasteiger partial charge on any atom is 0.401 e. The largest absolute Gasteiger partial charge is 0.401 e. The lowest BCUT2D eigenvalue weighted by atomic mass is 9.71. The third kappa shape index (κ3) is 8.63. The number of carbonyl (C=O) groups excluding carboxylic acids is 1. The summed E-state index contributed by atoms with van der Waals surface area (Å²) in [5, 5.41) is 36.7. The molecule has 15 heteroatoms. The highest BCUT2D eigenvalue weighted by Crippen LogP contribution is 2.37. The molecule has 7 atom stereocenters. The zero-order valence-corrected chi connectivity index (χ0v) is 24.3. The first kappa shape index (κ1) is 32.6. The smallest absolute Gasteiger partial charge is 0.387 e. The Morgan fingerprint density at radius 1 is 1.10 bits per heavy atom. The number of rotatable bonds is 9. The molecule has 3 saturated heterocycles. The summed E-state index contributed by atoms with van der Waals surface area (Å²) in [7, 11) is 0. The van der Waals surface area contributed by atoms with Gasteiger partial charge < -0.3 is 31.3 Å². The third-order valence-electron chi connectivity index (χ3n) is 8.97. The second-order valence-corrected chi connectivity index (χ2v) is 13.0. The van der Waals surface area contributed by atoms with E-state index in [1.807, 2.05) is 0 Å². The summed E-state index contributed by atoms with van der Waals surface area (Å²) in [6.45, 7) is 6.31. The lowest BCUT2D eigenvalue weighted by Gasteiger charge is -2.38. The molecular formula is C26H49F3N8O4. The maximum atomic E-state index is 13.4. The van der Waals surface area contributed by atoms with Gasteiger partial charge in [0.05, 0.1) is 31.6 Å². The molecule has 3 heterocycles. The van der Waals surface area contributed by atoms with E-state index in [0.717, 1.165) is 30.6 Å².